The number of aromatic nitrogens is 2. The summed E-state index contributed by atoms with van der Waals surface area (Å²) in [5.41, 5.74) is 2.56. The number of hydrogen-bond acceptors (Lipinski definition) is 5. The summed E-state index contributed by atoms with van der Waals surface area (Å²) in [6.45, 7) is 0. The maximum absolute atomic E-state index is 11.4. The second-order valence-electron chi connectivity index (χ2n) is 5.37. The first-order valence-electron chi connectivity index (χ1n) is 7.45. The van der Waals surface area contributed by atoms with Gasteiger partial charge >= 0.3 is 0 Å². The Bertz CT molecular complexity index is 1070. The number of nitro groups is 1. The number of nitrogens with zero attached hydrogens (tertiary/aromatic N) is 3. The first-order valence-corrected chi connectivity index (χ1v) is 9.00. The lowest BCUT2D eigenvalue weighted by Gasteiger charge is -2.08. The van der Waals surface area contributed by atoms with Crippen molar-refractivity contribution in [3.8, 4) is 16.9 Å². The van der Waals surface area contributed by atoms with Crippen molar-refractivity contribution in [3.05, 3.63) is 82.7 Å². The highest BCUT2D eigenvalue weighted by molar-refractivity contribution is 7.89. The van der Waals surface area contributed by atoms with Crippen LogP contribution >= 0.6 is 0 Å². The van der Waals surface area contributed by atoms with Crippen molar-refractivity contribution in [1.29, 1.82) is 0 Å². The second-order valence-corrected chi connectivity index (χ2v) is 6.93. The molecule has 0 atom stereocenters. The fourth-order valence-electron chi connectivity index (χ4n) is 2.41. The van der Waals surface area contributed by atoms with E-state index in [1.807, 2.05) is 30.3 Å². The molecule has 0 bridgehead atoms. The van der Waals surface area contributed by atoms with E-state index in [0.29, 0.717) is 17.1 Å². The van der Waals surface area contributed by atoms with Gasteiger partial charge in [-0.05, 0) is 30.3 Å². The first-order chi connectivity index (χ1) is 12.3. The van der Waals surface area contributed by atoms with Crippen molar-refractivity contribution < 1.29 is 13.3 Å². The number of sulfonamides is 1. The molecule has 0 spiro atoms. The van der Waals surface area contributed by atoms with Crippen molar-refractivity contribution in [1.82, 2.24) is 9.78 Å². The molecular weight excluding hydrogens is 356 g/mol. The van der Waals surface area contributed by atoms with Gasteiger partial charge < -0.3 is 0 Å². The molecule has 0 aliphatic carbocycles. The fraction of sp³-hybridized carbons (Fsp3) is 0. The molecule has 0 fully saturated rings. The van der Waals surface area contributed by atoms with E-state index >= 15 is 0 Å². The Hall–Kier alpha value is -3.30. The van der Waals surface area contributed by atoms with Crippen LogP contribution in [0.3, 0.4) is 0 Å². The summed E-state index contributed by atoms with van der Waals surface area (Å²) in [7, 11) is -3.79. The van der Waals surface area contributed by atoms with E-state index in [0.717, 1.165) is 11.8 Å². The van der Waals surface area contributed by atoms with Gasteiger partial charge in [-0.3, -0.25) is 10.1 Å². The van der Waals surface area contributed by atoms with E-state index in [9.17, 15) is 18.5 Å². The maximum atomic E-state index is 11.4. The van der Waals surface area contributed by atoms with Gasteiger partial charge in [-0.2, -0.15) is 5.10 Å². The molecule has 1 heterocycles. The first kappa shape index (κ1) is 17.5. The van der Waals surface area contributed by atoms with Gasteiger partial charge in [0.05, 0.1) is 26.9 Å². The average Bonchev–Trinajstić information content (AvgIpc) is 3.04. The molecule has 3 aromatic rings. The molecule has 1 aromatic heterocycles. The highest BCUT2D eigenvalue weighted by Gasteiger charge is 2.13. The van der Waals surface area contributed by atoms with Crippen molar-refractivity contribution >= 4 is 16.1 Å². The zero-order valence-electron chi connectivity index (χ0n) is 13.4. The van der Waals surface area contributed by atoms with Crippen molar-refractivity contribution in [2.24, 2.45) is 5.14 Å². The predicted octanol–water partition coefficient (Wildman–Crippen LogP) is 2.43. The van der Waals surface area contributed by atoms with Crippen LogP contribution in [0.4, 0.5) is 0 Å². The molecule has 2 N–H and O–H groups in total. The molecule has 0 amide bonds. The van der Waals surface area contributed by atoms with Gasteiger partial charge in [0.15, 0.2) is 0 Å². The SMILES string of the molecule is NS(=O)(=O)c1ccc(-n2nc(C=C[N+](=O)[O-])cc2-c2ccccc2)cc1. The number of nitrogens with two attached hydrogens (primary N) is 1. The Morgan fingerprint density at radius 1 is 1.08 bits per heavy atom. The van der Waals surface area contributed by atoms with Gasteiger partial charge in [0.1, 0.15) is 0 Å². The molecule has 2 aromatic carbocycles. The van der Waals surface area contributed by atoms with E-state index in [2.05, 4.69) is 5.10 Å². The summed E-state index contributed by atoms with van der Waals surface area (Å²) in [5.74, 6) is 0. The van der Waals surface area contributed by atoms with Crippen LogP contribution in [-0.4, -0.2) is 23.1 Å². The third kappa shape index (κ3) is 3.85. The monoisotopic (exact) mass is 370 g/mol. The standard InChI is InChI=1S/C17H14N4O4S/c18-26(24,25)16-8-6-15(7-9-16)21-17(13-4-2-1-3-5-13)12-14(19-21)10-11-20(22)23/h1-12H,(H2,18,24,25). The Labute approximate surface area is 149 Å². The second kappa shape index (κ2) is 6.90. The molecule has 0 aliphatic heterocycles. The molecular formula is C17H14N4O4S. The highest BCUT2D eigenvalue weighted by Crippen LogP contribution is 2.25. The molecule has 0 radical (unpaired) electrons. The van der Waals surface area contributed by atoms with Gasteiger partial charge in [-0.25, -0.2) is 18.2 Å². The fourth-order valence-corrected chi connectivity index (χ4v) is 2.92. The molecule has 3 rings (SSSR count). The van der Waals surface area contributed by atoms with Crippen molar-refractivity contribution in [2.45, 2.75) is 4.90 Å². The van der Waals surface area contributed by atoms with Crippen LogP contribution in [0.25, 0.3) is 23.0 Å². The lowest BCUT2D eigenvalue weighted by Crippen LogP contribution is -2.12. The molecule has 0 saturated carbocycles. The van der Waals surface area contributed by atoms with E-state index in [4.69, 9.17) is 5.14 Å². The zero-order chi connectivity index (χ0) is 18.7. The molecule has 132 valence electrons. The summed E-state index contributed by atoms with van der Waals surface area (Å²) in [5, 5.41) is 20.0. The predicted molar refractivity (Wildman–Crippen MR) is 96.4 cm³/mol. The summed E-state index contributed by atoms with van der Waals surface area (Å²) >= 11 is 0. The Kier molecular flexibility index (Phi) is 4.65. The topological polar surface area (TPSA) is 121 Å². The van der Waals surface area contributed by atoms with Crippen LogP contribution in [0.5, 0.6) is 0 Å². The molecule has 0 aliphatic rings. The third-order valence-corrected chi connectivity index (χ3v) is 4.50. The van der Waals surface area contributed by atoms with Crippen molar-refractivity contribution in [2.75, 3.05) is 0 Å². The summed E-state index contributed by atoms with van der Waals surface area (Å²) < 4.78 is 24.4. The van der Waals surface area contributed by atoms with Crippen molar-refractivity contribution in [3.63, 3.8) is 0 Å². The minimum absolute atomic E-state index is 0.0110. The number of benzene rings is 2. The van der Waals surface area contributed by atoms with Crippen LogP contribution in [0.1, 0.15) is 5.69 Å². The van der Waals surface area contributed by atoms with Crippen LogP contribution < -0.4 is 5.14 Å². The van der Waals surface area contributed by atoms with Gasteiger partial charge in [0.25, 0.3) is 0 Å². The largest absolute Gasteiger partial charge is 0.259 e. The van der Waals surface area contributed by atoms with Crippen LogP contribution in [0.2, 0.25) is 0 Å². The summed E-state index contributed by atoms with van der Waals surface area (Å²) in [6, 6.07) is 17.0. The number of hydrogen-bond donors (Lipinski definition) is 1. The molecule has 0 saturated heterocycles. The Morgan fingerprint density at radius 3 is 2.31 bits per heavy atom. The van der Waals surface area contributed by atoms with Crippen LogP contribution in [-0.2, 0) is 10.0 Å². The quantitative estimate of drug-likeness (QED) is 0.546. The smallest absolute Gasteiger partial charge is 0.238 e. The van der Waals surface area contributed by atoms with Gasteiger partial charge in [-0.15, -0.1) is 0 Å². The minimum Gasteiger partial charge on any atom is -0.259 e. The molecule has 8 nitrogen and oxygen atoms in total. The Balaban J connectivity index is 2.11. The highest BCUT2D eigenvalue weighted by atomic mass is 32.2. The van der Waals surface area contributed by atoms with E-state index < -0.39 is 14.9 Å². The summed E-state index contributed by atoms with van der Waals surface area (Å²) in [6.07, 6.45) is 2.10. The lowest BCUT2D eigenvalue weighted by molar-refractivity contribution is -0.401. The zero-order valence-corrected chi connectivity index (χ0v) is 14.2. The third-order valence-electron chi connectivity index (χ3n) is 3.57. The number of rotatable bonds is 5. The van der Waals surface area contributed by atoms with Crippen LogP contribution in [0, 0.1) is 10.1 Å². The van der Waals surface area contributed by atoms with Gasteiger partial charge in [-0.1, -0.05) is 30.3 Å². The molecule has 0 unspecified atom stereocenters. The summed E-state index contributed by atoms with van der Waals surface area (Å²) in [4.78, 5) is 9.97. The van der Waals surface area contributed by atoms with E-state index in [1.54, 1.807) is 22.9 Å². The number of primary sulfonamides is 1. The minimum atomic E-state index is -3.79. The molecule has 26 heavy (non-hydrogen) atoms. The average molecular weight is 370 g/mol. The lowest BCUT2D eigenvalue weighted by atomic mass is 10.1. The van der Waals surface area contributed by atoms with Gasteiger partial charge in [0.2, 0.25) is 16.2 Å². The Morgan fingerprint density at radius 2 is 1.73 bits per heavy atom. The van der Waals surface area contributed by atoms with E-state index in [1.165, 1.54) is 18.2 Å². The normalized spacial score (nSPS) is 11.7. The van der Waals surface area contributed by atoms with Gasteiger partial charge in [0, 0.05) is 11.6 Å². The van der Waals surface area contributed by atoms with Crippen LogP contribution in [0.15, 0.2) is 71.8 Å². The maximum Gasteiger partial charge on any atom is 0.238 e. The van der Waals surface area contributed by atoms with E-state index in [-0.39, 0.29) is 4.90 Å². The molecule has 9 heteroatoms.